The van der Waals surface area contributed by atoms with E-state index in [1.807, 2.05) is 0 Å². The van der Waals surface area contributed by atoms with Crippen LogP contribution in [0.4, 0.5) is 0 Å². The first kappa shape index (κ1) is 18.0. The molecule has 1 aliphatic heterocycles. The van der Waals surface area contributed by atoms with Crippen LogP contribution in [0.15, 0.2) is 48.7 Å². The monoisotopic (exact) mass is 398 g/mol. The SMILES string of the molecule is C[C@H](c1ccc2nnc(-c3ccc4cccc(C5CC5)c4n3)n2c1)N1CC[C@@H](N)C1. The Hall–Kier alpha value is -2.83. The van der Waals surface area contributed by atoms with Crippen molar-refractivity contribution in [3.63, 3.8) is 0 Å². The lowest BCUT2D eigenvalue weighted by atomic mass is 10.1. The van der Waals surface area contributed by atoms with Crippen molar-refractivity contribution in [1.82, 2.24) is 24.5 Å². The minimum absolute atomic E-state index is 0.282. The Labute approximate surface area is 175 Å². The minimum atomic E-state index is 0.282. The number of fused-ring (bicyclic) bond motifs is 2. The fourth-order valence-electron chi connectivity index (χ4n) is 4.73. The van der Waals surface area contributed by atoms with E-state index >= 15 is 0 Å². The Bertz CT molecular complexity index is 1240. The number of pyridine rings is 2. The summed E-state index contributed by atoms with van der Waals surface area (Å²) in [5.74, 6) is 1.45. The molecule has 1 saturated carbocycles. The number of benzene rings is 1. The number of hydrogen-bond acceptors (Lipinski definition) is 5. The molecule has 0 unspecified atom stereocenters. The molecule has 2 aliphatic rings. The van der Waals surface area contributed by atoms with Gasteiger partial charge in [0, 0.05) is 36.8 Å². The van der Waals surface area contributed by atoms with Crippen molar-refractivity contribution in [2.45, 2.75) is 44.2 Å². The zero-order valence-corrected chi connectivity index (χ0v) is 17.2. The Morgan fingerprint density at radius 1 is 1.03 bits per heavy atom. The highest BCUT2D eigenvalue weighted by atomic mass is 15.3. The summed E-state index contributed by atoms with van der Waals surface area (Å²) in [6.07, 6.45) is 5.76. The number of para-hydroxylation sites is 1. The van der Waals surface area contributed by atoms with E-state index in [-0.39, 0.29) is 6.04 Å². The van der Waals surface area contributed by atoms with Gasteiger partial charge < -0.3 is 5.73 Å². The van der Waals surface area contributed by atoms with Crippen molar-refractivity contribution in [3.8, 4) is 11.5 Å². The van der Waals surface area contributed by atoms with E-state index in [0.29, 0.717) is 12.0 Å². The van der Waals surface area contributed by atoms with E-state index in [9.17, 15) is 0 Å². The number of rotatable bonds is 4. The highest BCUT2D eigenvalue weighted by Gasteiger charge is 2.27. The summed E-state index contributed by atoms with van der Waals surface area (Å²) in [5, 5.41) is 10.1. The lowest BCUT2D eigenvalue weighted by Crippen LogP contribution is -2.28. The molecule has 1 saturated heterocycles. The van der Waals surface area contributed by atoms with E-state index in [1.165, 1.54) is 29.4 Å². The molecule has 0 bridgehead atoms. The number of aromatic nitrogens is 4. The molecule has 6 nitrogen and oxygen atoms in total. The Balaban J connectivity index is 1.43. The molecule has 30 heavy (non-hydrogen) atoms. The van der Waals surface area contributed by atoms with E-state index < -0.39 is 0 Å². The van der Waals surface area contributed by atoms with Crippen molar-refractivity contribution >= 4 is 16.6 Å². The number of nitrogens with zero attached hydrogens (tertiary/aromatic N) is 5. The van der Waals surface area contributed by atoms with Crippen molar-refractivity contribution in [2.75, 3.05) is 13.1 Å². The molecule has 2 fully saturated rings. The molecule has 0 amide bonds. The molecule has 2 N–H and O–H groups in total. The second kappa shape index (κ2) is 6.86. The average Bonchev–Trinajstić information content (AvgIpc) is 3.39. The van der Waals surface area contributed by atoms with Gasteiger partial charge in [-0.2, -0.15) is 0 Å². The summed E-state index contributed by atoms with van der Waals surface area (Å²) in [6, 6.07) is 15.5. The van der Waals surface area contributed by atoms with Gasteiger partial charge in [-0.25, -0.2) is 4.98 Å². The van der Waals surface area contributed by atoms with Gasteiger partial charge in [0.1, 0.15) is 5.69 Å². The van der Waals surface area contributed by atoms with Crippen LogP contribution in [0.2, 0.25) is 0 Å². The van der Waals surface area contributed by atoms with Crippen molar-refractivity contribution in [2.24, 2.45) is 5.73 Å². The van der Waals surface area contributed by atoms with Gasteiger partial charge in [-0.05, 0) is 55.4 Å². The first-order valence-corrected chi connectivity index (χ1v) is 10.9. The van der Waals surface area contributed by atoms with Gasteiger partial charge in [0.25, 0.3) is 0 Å². The fraction of sp³-hybridized carbons (Fsp3) is 0.375. The highest BCUT2D eigenvalue weighted by Crippen LogP contribution is 2.42. The van der Waals surface area contributed by atoms with E-state index in [1.54, 1.807) is 0 Å². The van der Waals surface area contributed by atoms with Crippen molar-refractivity contribution in [1.29, 1.82) is 0 Å². The van der Waals surface area contributed by atoms with E-state index in [4.69, 9.17) is 10.7 Å². The molecule has 1 aromatic carbocycles. The Kier molecular flexibility index (Phi) is 4.11. The highest BCUT2D eigenvalue weighted by molar-refractivity contribution is 5.84. The standard InChI is InChI=1S/C24H26N6/c1-15(29-12-11-19(25)14-29)18-8-10-22-27-28-24(30(22)13-18)21-9-7-17-3-2-4-20(16-5-6-16)23(17)26-21/h2-4,7-10,13,15-16,19H,5-6,11-12,14,25H2,1H3/t15-,19-/m1/s1. The number of nitrogens with two attached hydrogens (primary N) is 1. The Morgan fingerprint density at radius 3 is 2.73 bits per heavy atom. The average molecular weight is 399 g/mol. The molecule has 152 valence electrons. The zero-order chi connectivity index (χ0) is 20.2. The predicted octanol–water partition coefficient (Wildman–Crippen LogP) is 3.92. The molecular formula is C24H26N6. The summed E-state index contributed by atoms with van der Waals surface area (Å²) >= 11 is 0. The first-order chi connectivity index (χ1) is 14.7. The number of likely N-dealkylation sites (tertiary alicyclic amines) is 1. The van der Waals surface area contributed by atoms with Crippen LogP contribution in [0.25, 0.3) is 28.1 Å². The van der Waals surface area contributed by atoms with Crippen LogP contribution in [0.1, 0.15) is 49.3 Å². The largest absolute Gasteiger partial charge is 0.326 e. The van der Waals surface area contributed by atoms with E-state index in [0.717, 1.165) is 42.2 Å². The summed E-state index contributed by atoms with van der Waals surface area (Å²) in [6.45, 7) is 4.25. The second-order valence-electron chi connectivity index (χ2n) is 8.82. The third-order valence-corrected chi connectivity index (χ3v) is 6.71. The van der Waals surface area contributed by atoms with Crippen LogP contribution >= 0.6 is 0 Å². The summed E-state index contributed by atoms with van der Waals surface area (Å²) in [4.78, 5) is 7.49. The molecule has 6 heteroatoms. The van der Waals surface area contributed by atoms with Crippen molar-refractivity contribution < 1.29 is 0 Å². The molecule has 2 atom stereocenters. The Morgan fingerprint density at radius 2 is 1.93 bits per heavy atom. The van der Waals surface area contributed by atoms with Crippen LogP contribution in [-0.2, 0) is 0 Å². The molecule has 4 aromatic rings. The van der Waals surface area contributed by atoms with Crippen LogP contribution < -0.4 is 5.73 Å². The fourth-order valence-corrected chi connectivity index (χ4v) is 4.73. The zero-order valence-electron chi connectivity index (χ0n) is 17.2. The van der Waals surface area contributed by atoms with Gasteiger partial charge in [0.15, 0.2) is 11.5 Å². The maximum Gasteiger partial charge on any atom is 0.187 e. The van der Waals surface area contributed by atoms with Gasteiger partial charge in [0.05, 0.1) is 5.52 Å². The predicted molar refractivity (Wildman–Crippen MR) is 118 cm³/mol. The number of hydrogen-bond donors (Lipinski definition) is 1. The molecule has 0 spiro atoms. The molecule has 6 rings (SSSR count). The third kappa shape index (κ3) is 2.99. The molecule has 0 radical (unpaired) electrons. The van der Waals surface area contributed by atoms with Gasteiger partial charge in [0.2, 0.25) is 0 Å². The van der Waals surface area contributed by atoms with E-state index in [2.05, 4.69) is 75.1 Å². The summed E-state index contributed by atoms with van der Waals surface area (Å²) in [7, 11) is 0. The molecule has 4 heterocycles. The third-order valence-electron chi connectivity index (χ3n) is 6.71. The summed E-state index contributed by atoms with van der Waals surface area (Å²) in [5.41, 5.74) is 11.6. The molecule has 1 aliphatic carbocycles. The maximum atomic E-state index is 6.12. The lowest BCUT2D eigenvalue weighted by Gasteiger charge is -2.24. The van der Waals surface area contributed by atoms with Gasteiger partial charge in [-0.1, -0.05) is 30.3 Å². The lowest BCUT2D eigenvalue weighted by molar-refractivity contribution is 0.259. The van der Waals surface area contributed by atoms with Crippen LogP contribution in [0.5, 0.6) is 0 Å². The first-order valence-electron chi connectivity index (χ1n) is 10.9. The van der Waals surface area contributed by atoms with Crippen LogP contribution in [0, 0.1) is 0 Å². The van der Waals surface area contributed by atoms with Crippen molar-refractivity contribution in [3.05, 3.63) is 59.8 Å². The smallest absolute Gasteiger partial charge is 0.187 e. The summed E-state index contributed by atoms with van der Waals surface area (Å²) < 4.78 is 2.08. The quantitative estimate of drug-likeness (QED) is 0.564. The maximum absolute atomic E-state index is 6.12. The van der Waals surface area contributed by atoms with Gasteiger partial charge in [-0.3, -0.25) is 9.30 Å². The second-order valence-corrected chi connectivity index (χ2v) is 8.82. The minimum Gasteiger partial charge on any atom is -0.326 e. The normalized spacial score (nSPS) is 20.9. The molecular weight excluding hydrogens is 372 g/mol. The molecule has 3 aromatic heterocycles. The van der Waals surface area contributed by atoms with Crippen LogP contribution in [0.3, 0.4) is 0 Å². The van der Waals surface area contributed by atoms with Gasteiger partial charge in [-0.15, -0.1) is 10.2 Å². The van der Waals surface area contributed by atoms with Gasteiger partial charge >= 0.3 is 0 Å². The topological polar surface area (TPSA) is 72.3 Å². The van der Waals surface area contributed by atoms with Crippen LogP contribution in [-0.4, -0.2) is 43.6 Å².